The predicted molar refractivity (Wildman–Crippen MR) is 91.3 cm³/mol. The SMILES string of the molecule is COc1cccc(C(=O)N2CCC3(CC2)NC(=O)C[C@@H]3C(=O)O)c1OC. The zero-order valence-electron chi connectivity index (χ0n) is 14.8. The number of nitrogens with zero attached hydrogens (tertiary/aromatic N) is 1. The summed E-state index contributed by atoms with van der Waals surface area (Å²) in [6.45, 7) is 0.729. The third-order valence-electron chi connectivity index (χ3n) is 5.32. The van der Waals surface area contributed by atoms with Gasteiger partial charge in [-0.25, -0.2) is 0 Å². The Balaban J connectivity index is 1.77. The van der Waals surface area contributed by atoms with E-state index in [4.69, 9.17) is 9.47 Å². The van der Waals surface area contributed by atoms with E-state index in [1.165, 1.54) is 14.2 Å². The molecular weight excluding hydrogens is 340 g/mol. The first-order chi connectivity index (χ1) is 12.4. The summed E-state index contributed by atoms with van der Waals surface area (Å²) in [6, 6.07) is 5.11. The summed E-state index contributed by atoms with van der Waals surface area (Å²) in [4.78, 5) is 37.8. The van der Waals surface area contributed by atoms with E-state index in [0.717, 1.165) is 0 Å². The molecule has 3 rings (SSSR count). The van der Waals surface area contributed by atoms with E-state index in [2.05, 4.69) is 5.32 Å². The Morgan fingerprint density at radius 2 is 1.92 bits per heavy atom. The lowest BCUT2D eigenvalue weighted by Gasteiger charge is -2.41. The number of nitrogens with one attached hydrogen (secondary N) is 1. The number of likely N-dealkylation sites (tertiary alicyclic amines) is 1. The van der Waals surface area contributed by atoms with Gasteiger partial charge < -0.3 is 24.8 Å². The van der Waals surface area contributed by atoms with Gasteiger partial charge in [0.25, 0.3) is 5.91 Å². The van der Waals surface area contributed by atoms with Crippen LogP contribution in [0.15, 0.2) is 18.2 Å². The first-order valence-corrected chi connectivity index (χ1v) is 8.46. The molecule has 2 aliphatic rings. The summed E-state index contributed by atoms with van der Waals surface area (Å²) >= 11 is 0. The zero-order chi connectivity index (χ0) is 18.9. The highest BCUT2D eigenvalue weighted by atomic mass is 16.5. The van der Waals surface area contributed by atoms with Gasteiger partial charge in [-0.1, -0.05) is 6.07 Å². The number of benzene rings is 1. The van der Waals surface area contributed by atoms with Gasteiger partial charge in [0.15, 0.2) is 11.5 Å². The number of methoxy groups -OCH3 is 2. The fourth-order valence-electron chi connectivity index (χ4n) is 3.93. The second-order valence-electron chi connectivity index (χ2n) is 6.63. The summed E-state index contributed by atoms with van der Waals surface area (Å²) in [5, 5.41) is 12.3. The van der Waals surface area contributed by atoms with Crippen LogP contribution in [0.3, 0.4) is 0 Å². The minimum Gasteiger partial charge on any atom is -0.493 e. The third-order valence-corrected chi connectivity index (χ3v) is 5.32. The second-order valence-corrected chi connectivity index (χ2v) is 6.63. The Kier molecular flexibility index (Phi) is 4.76. The van der Waals surface area contributed by atoms with E-state index < -0.39 is 17.4 Å². The molecule has 0 radical (unpaired) electrons. The van der Waals surface area contributed by atoms with Crippen molar-refractivity contribution >= 4 is 17.8 Å². The van der Waals surface area contributed by atoms with Crippen molar-refractivity contribution in [1.82, 2.24) is 10.2 Å². The summed E-state index contributed by atoms with van der Waals surface area (Å²) in [5.74, 6) is -1.33. The third kappa shape index (κ3) is 2.95. The molecule has 0 bridgehead atoms. The molecule has 2 saturated heterocycles. The fourth-order valence-corrected chi connectivity index (χ4v) is 3.93. The summed E-state index contributed by atoms with van der Waals surface area (Å²) in [5.41, 5.74) is -0.369. The van der Waals surface area contributed by atoms with Gasteiger partial charge in [-0.05, 0) is 25.0 Å². The lowest BCUT2D eigenvalue weighted by atomic mass is 9.77. The Bertz CT molecular complexity index is 739. The number of ether oxygens (including phenoxy) is 2. The molecule has 2 aliphatic heterocycles. The number of para-hydroxylation sites is 1. The number of carbonyl (C=O) groups excluding carboxylic acids is 2. The normalized spacial score (nSPS) is 21.4. The van der Waals surface area contributed by atoms with Gasteiger partial charge in [0, 0.05) is 19.5 Å². The van der Waals surface area contributed by atoms with Crippen molar-refractivity contribution in [2.24, 2.45) is 5.92 Å². The van der Waals surface area contributed by atoms with Crippen LogP contribution in [0.5, 0.6) is 11.5 Å². The number of rotatable bonds is 4. The van der Waals surface area contributed by atoms with Crippen molar-refractivity contribution in [3.05, 3.63) is 23.8 Å². The molecule has 1 aromatic carbocycles. The van der Waals surface area contributed by atoms with E-state index in [-0.39, 0.29) is 18.2 Å². The van der Waals surface area contributed by atoms with Crippen molar-refractivity contribution in [1.29, 1.82) is 0 Å². The molecule has 0 aliphatic carbocycles. The van der Waals surface area contributed by atoms with E-state index in [0.29, 0.717) is 43.0 Å². The number of piperidine rings is 1. The van der Waals surface area contributed by atoms with E-state index in [9.17, 15) is 19.5 Å². The van der Waals surface area contributed by atoms with Crippen LogP contribution in [-0.4, -0.2) is 60.6 Å². The maximum Gasteiger partial charge on any atom is 0.309 e. The first kappa shape index (κ1) is 18.0. The first-order valence-electron chi connectivity index (χ1n) is 8.46. The Hall–Kier alpha value is -2.77. The van der Waals surface area contributed by atoms with Crippen molar-refractivity contribution in [2.75, 3.05) is 27.3 Å². The molecule has 0 saturated carbocycles. The molecule has 2 amide bonds. The van der Waals surface area contributed by atoms with Crippen molar-refractivity contribution < 1.29 is 29.0 Å². The average molecular weight is 362 g/mol. The van der Waals surface area contributed by atoms with E-state index >= 15 is 0 Å². The van der Waals surface area contributed by atoms with E-state index in [1.54, 1.807) is 23.1 Å². The van der Waals surface area contributed by atoms with Gasteiger partial charge in [0.1, 0.15) is 0 Å². The van der Waals surface area contributed by atoms with Crippen LogP contribution >= 0.6 is 0 Å². The van der Waals surface area contributed by atoms with Gasteiger partial charge in [-0.15, -0.1) is 0 Å². The number of hydrogen-bond acceptors (Lipinski definition) is 5. The standard InChI is InChI=1S/C18H22N2O6/c1-25-13-5-3-4-11(15(13)26-2)16(22)20-8-6-18(7-9-20)12(17(23)24)10-14(21)19-18/h3-5,12H,6-10H2,1-2H3,(H,19,21)(H,23,24)/t12-/m1/s1. The van der Waals surface area contributed by atoms with Crippen molar-refractivity contribution in [2.45, 2.75) is 24.8 Å². The molecule has 2 heterocycles. The highest BCUT2D eigenvalue weighted by Gasteiger charge is 2.52. The monoisotopic (exact) mass is 362 g/mol. The minimum absolute atomic E-state index is 0.00696. The Labute approximate surface area is 151 Å². The topological polar surface area (TPSA) is 105 Å². The maximum absolute atomic E-state index is 12.9. The molecule has 0 aromatic heterocycles. The number of carbonyl (C=O) groups is 3. The minimum atomic E-state index is -0.974. The predicted octanol–water partition coefficient (Wildman–Crippen LogP) is 0.899. The molecule has 2 fully saturated rings. The summed E-state index contributed by atoms with van der Waals surface area (Å²) in [7, 11) is 2.98. The molecule has 1 atom stereocenters. The van der Waals surface area contributed by atoms with Crippen LogP contribution in [0.2, 0.25) is 0 Å². The lowest BCUT2D eigenvalue weighted by Crippen LogP contribution is -2.56. The smallest absolute Gasteiger partial charge is 0.309 e. The lowest BCUT2D eigenvalue weighted by molar-refractivity contribution is -0.144. The molecule has 8 nitrogen and oxygen atoms in total. The second kappa shape index (κ2) is 6.86. The number of aliphatic carboxylic acids is 1. The van der Waals surface area contributed by atoms with Gasteiger partial charge >= 0.3 is 5.97 Å². The van der Waals surface area contributed by atoms with Crippen LogP contribution in [0, 0.1) is 5.92 Å². The van der Waals surface area contributed by atoms with Crippen LogP contribution in [-0.2, 0) is 9.59 Å². The van der Waals surface area contributed by atoms with E-state index in [1.807, 2.05) is 0 Å². The van der Waals surface area contributed by atoms with Crippen LogP contribution in [0.4, 0.5) is 0 Å². The highest BCUT2D eigenvalue weighted by Crippen LogP contribution is 2.38. The van der Waals surface area contributed by atoms with Gasteiger partial charge in [-0.2, -0.15) is 0 Å². The van der Waals surface area contributed by atoms with Gasteiger partial charge in [0.05, 0.1) is 31.2 Å². The summed E-state index contributed by atoms with van der Waals surface area (Å²) in [6.07, 6.45) is 0.814. The molecule has 0 unspecified atom stereocenters. The average Bonchev–Trinajstić information content (AvgIpc) is 2.97. The highest BCUT2D eigenvalue weighted by molar-refractivity contribution is 5.98. The number of carboxylic acids is 1. The van der Waals surface area contributed by atoms with Crippen molar-refractivity contribution in [3.8, 4) is 11.5 Å². The molecule has 1 aromatic rings. The molecule has 26 heavy (non-hydrogen) atoms. The number of amides is 2. The van der Waals surface area contributed by atoms with Gasteiger partial charge in [0.2, 0.25) is 5.91 Å². The zero-order valence-corrected chi connectivity index (χ0v) is 14.8. The number of carboxylic acid groups (broad SMARTS) is 1. The van der Waals surface area contributed by atoms with Gasteiger partial charge in [-0.3, -0.25) is 14.4 Å². The Morgan fingerprint density at radius 3 is 2.50 bits per heavy atom. The molecular formula is C18H22N2O6. The Morgan fingerprint density at radius 1 is 1.23 bits per heavy atom. The quantitative estimate of drug-likeness (QED) is 0.824. The molecule has 2 N–H and O–H groups in total. The van der Waals surface area contributed by atoms with Crippen LogP contribution in [0.1, 0.15) is 29.6 Å². The number of hydrogen-bond donors (Lipinski definition) is 2. The van der Waals surface area contributed by atoms with Crippen molar-refractivity contribution in [3.63, 3.8) is 0 Å². The van der Waals surface area contributed by atoms with Crippen LogP contribution < -0.4 is 14.8 Å². The maximum atomic E-state index is 12.9. The largest absolute Gasteiger partial charge is 0.493 e. The summed E-state index contributed by atoms with van der Waals surface area (Å²) < 4.78 is 10.6. The molecule has 1 spiro atoms. The molecule has 8 heteroatoms. The molecule has 140 valence electrons. The fraction of sp³-hybridized carbons (Fsp3) is 0.500. The van der Waals surface area contributed by atoms with Crippen LogP contribution in [0.25, 0.3) is 0 Å².